The normalized spacial score (nSPS) is 10.4. The van der Waals surface area contributed by atoms with E-state index in [4.69, 9.17) is 11.6 Å². The van der Waals surface area contributed by atoms with Crippen LogP contribution < -0.4 is 4.90 Å². The number of aromatic nitrogens is 3. The highest BCUT2D eigenvalue weighted by molar-refractivity contribution is 9.11. The van der Waals surface area contributed by atoms with Crippen LogP contribution in [0, 0.1) is 0 Å². The molecule has 1 aromatic carbocycles. The number of carbonyl (C=O) groups is 2. The molecule has 0 radical (unpaired) electrons. The van der Waals surface area contributed by atoms with Gasteiger partial charge in [0.1, 0.15) is 10.3 Å². The van der Waals surface area contributed by atoms with Crippen molar-refractivity contribution in [3.63, 3.8) is 0 Å². The number of carboxylic acids is 1. The lowest BCUT2D eigenvalue weighted by molar-refractivity contribution is 0.0697. The monoisotopic (exact) mass is 640 g/mol. The minimum atomic E-state index is -1.16. The van der Waals surface area contributed by atoms with E-state index in [1.165, 1.54) is 27.9 Å². The first-order valence-electron chi connectivity index (χ1n) is 8.15. The molecule has 0 atom stereocenters. The Morgan fingerprint density at radius 2 is 1.93 bits per heavy atom. The molecule has 3 rings (SSSR count). The number of hydrogen-bond donors (Lipinski definition) is 1. The molecule has 3 aromatic rings. The topological polar surface area (TPSA) is 88.3 Å². The Bertz CT molecular complexity index is 1120. The number of carbonyl (C=O) groups excluding carboxylic acids is 1. The first-order valence-corrected chi connectivity index (χ1v) is 10.9. The highest BCUT2D eigenvalue weighted by Crippen LogP contribution is 2.35. The number of amides is 1. The van der Waals surface area contributed by atoms with Gasteiger partial charge in [0.25, 0.3) is 5.91 Å². The number of benzene rings is 1. The lowest BCUT2D eigenvalue weighted by atomic mass is 10.1. The second-order valence-corrected chi connectivity index (χ2v) is 8.70. The van der Waals surface area contributed by atoms with E-state index in [2.05, 4.69) is 57.9 Å². The quantitative estimate of drug-likeness (QED) is 0.369. The van der Waals surface area contributed by atoms with Crippen LogP contribution in [0.1, 0.15) is 27.8 Å². The van der Waals surface area contributed by atoms with Crippen LogP contribution in [0.15, 0.2) is 50.1 Å². The lowest BCUT2D eigenvalue weighted by Gasteiger charge is -2.24. The number of aromatic carboxylic acids is 1. The van der Waals surface area contributed by atoms with Gasteiger partial charge in [0.05, 0.1) is 16.3 Å². The molecule has 0 fully saturated rings. The van der Waals surface area contributed by atoms with Gasteiger partial charge in [0.2, 0.25) is 0 Å². The van der Waals surface area contributed by atoms with Crippen LogP contribution in [-0.2, 0) is 0 Å². The Morgan fingerprint density at radius 1 is 1.23 bits per heavy atom. The summed E-state index contributed by atoms with van der Waals surface area (Å²) in [6.07, 6.45) is 1.54. The van der Waals surface area contributed by atoms with Gasteiger partial charge < -0.3 is 10.0 Å². The summed E-state index contributed by atoms with van der Waals surface area (Å²) in [7, 11) is 0. The fourth-order valence-corrected chi connectivity index (χ4v) is 4.76. The maximum Gasteiger partial charge on any atom is 0.337 e. The zero-order chi connectivity index (χ0) is 21.3. The van der Waals surface area contributed by atoms with Gasteiger partial charge >= 0.3 is 5.97 Å². The minimum Gasteiger partial charge on any atom is -0.478 e. The summed E-state index contributed by atoms with van der Waals surface area (Å²) in [6, 6.07) is 7.96. The summed E-state index contributed by atoms with van der Waals surface area (Å²) < 4.78 is 2.76. The molecule has 0 spiro atoms. The number of pyridine rings is 1. The van der Waals surface area contributed by atoms with Crippen molar-refractivity contribution in [3.8, 4) is 5.82 Å². The minimum absolute atomic E-state index is 0. The standard InChI is InChI=1S/C18H12Br3ClN4O3.ClH/c1-2-25(15-10(18(28)29)6-9(19)7-11(15)20)17(27)13-8-14(21)24-26(13)16-12(22)4-3-5-23-16;/h3-8H,2H2,1H3,(H,28,29);1H. The zero-order valence-corrected chi connectivity index (χ0v) is 21.5. The second kappa shape index (κ2) is 10.2. The van der Waals surface area contributed by atoms with Crippen LogP contribution >= 0.6 is 71.8 Å². The van der Waals surface area contributed by atoms with Gasteiger partial charge in [0.15, 0.2) is 5.82 Å². The molecule has 2 aromatic heterocycles. The third-order valence-electron chi connectivity index (χ3n) is 3.93. The van der Waals surface area contributed by atoms with Gasteiger partial charge in [-0.25, -0.2) is 14.5 Å². The Morgan fingerprint density at radius 3 is 2.53 bits per heavy atom. The number of halogens is 5. The third kappa shape index (κ3) is 4.88. The van der Waals surface area contributed by atoms with Crippen molar-refractivity contribution in [2.45, 2.75) is 6.92 Å². The van der Waals surface area contributed by atoms with Crippen molar-refractivity contribution in [1.82, 2.24) is 14.8 Å². The maximum atomic E-state index is 13.5. The van der Waals surface area contributed by atoms with Gasteiger partial charge in [-0.2, -0.15) is 5.10 Å². The van der Waals surface area contributed by atoms with E-state index >= 15 is 0 Å². The molecule has 2 heterocycles. The van der Waals surface area contributed by atoms with Crippen molar-refractivity contribution in [2.24, 2.45) is 0 Å². The summed E-state index contributed by atoms with van der Waals surface area (Å²) in [5, 5.41) is 14.2. The highest BCUT2D eigenvalue weighted by Gasteiger charge is 2.28. The summed E-state index contributed by atoms with van der Waals surface area (Å²) in [5.41, 5.74) is 0.386. The summed E-state index contributed by atoms with van der Waals surface area (Å²) in [5.74, 6) is -1.33. The van der Waals surface area contributed by atoms with E-state index in [1.807, 2.05) is 0 Å². The van der Waals surface area contributed by atoms with Crippen LogP contribution in [-0.4, -0.2) is 38.3 Å². The van der Waals surface area contributed by atoms with E-state index in [0.29, 0.717) is 18.6 Å². The van der Waals surface area contributed by atoms with Crippen LogP contribution in [0.2, 0.25) is 5.02 Å². The molecule has 0 unspecified atom stereocenters. The Kier molecular flexibility index (Phi) is 8.46. The molecular weight excluding hydrogens is 631 g/mol. The van der Waals surface area contributed by atoms with Gasteiger partial charge in [-0.1, -0.05) is 27.5 Å². The van der Waals surface area contributed by atoms with Crippen molar-refractivity contribution >= 4 is 89.4 Å². The Labute approximate surface area is 208 Å². The molecule has 0 aliphatic carbocycles. The molecule has 30 heavy (non-hydrogen) atoms. The molecule has 1 amide bonds. The molecule has 0 bridgehead atoms. The second-order valence-electron chi connectivity index (χ2n) is 5.71. The maximum absolute atomic E-state index is 13.5. The highest BCUT2D eigenvalue weighted by atomic mass is 79.9. The summed E-state index contributed by atoms with van der Waals surface area (Å²) >= 11 is 16.2. The lowest BCUT2D eigenvalue weighted by Crippen LogP contribution is -2.34. The smallest absolute Gasteiger partial charge is 0.337 e. The van der Waals surface area contributed by atoms with Crippen LogP contribution in [0.25, 0.3) is 5.82 Å². The molecule has 0 aliphatic heterocycles. The van der Waals surface area contributed by atoms with Crippen molar-refractivity contribution in [1.29, 1.82) is 0 Å². The molecule has 1 N–H and O–H groups in total. The number of anilines is 1. The molecule has 12 heteroatoms. The van der Waals surface area contributed by atoms with Crippen molar-refractivity contribution in [2.75, 3.05) is 11.4 Å². The summed E-state index contributed by atoms with van der Waals surface area (Å²) in [6.45, 7) is 1.97. The Balaban J connectivity index is 0.00000320. The molecule has 158 valence electrons. The molecule has 7 nitrogen and oxygen atoms in total. The van der Waals surface area contributed by atoms with E-state index in [9.17, 15) is 14.7 Å². The van der Waals surface area contributed by atoms with Gasteiger partial charge in [-0.05, 0) is 63.0 Å². The van der Waals surface area contributed by atoms with Crippen LogP contribution in [0.5, 0.6) is 0 Å². The predicted octanol–water partition coefficient (Wildman–Crippen LogP) is 5.99. The number of carboxylic acid groups (broad SMARTS) is 1. The first-order chi connectivity index (χ1) is 13.7. The van der Waals surface area contributed by atoms with E-state index in [-0.39, 0.29) is 41.7 Å². The number of hydrogen-bond acceptors (Lipinski definition) is 4. The fourth-order valence-electron chi connectivity index (χ4n) is 2.74. The number of rotatable bonds is 5. The molecular formula is C18H13Br3Cl2N4O3. The number of nitrogens with zero attached hydrogens (tertiary/aromatic N) is 4. The van der Waals surface area contributed by atoms with Crippen molar-refractivity contribution in [3.05, 3.63) is 66.4 Å². The summed E-state index contributed by atoms with van der Waals surface area (Å²) in [4.78, 5) is 30.8. The van der Waals surface area contributed by atoms with Crippen LogP contribution in [0.3, 0.4) is 0 Å². The van der Waals surface area contributed by atoms with Gasteiger partial charge in [-0.3, -0.25) is 4.79 Å². The van der Waals surface area contributed by atoms with Crippen LogP contribution in [0.4, 0.5) is 5.69 Å². The molecule has 0 saturated heterocycles. The zero-order valence-electron chi connectivity index (χ0n) is 15.1. The van der Waals surface area contributed by atoms with Crippen molar-refractivity contribution < 1.29 is 14.7 Å². The average molecular weight is 644 g/mol. The predicted molar refractivity (Wildman–Crippen MR) is 127 cm³/mol. The third-order valence-corrected chi connectivity index (χ3v) is 5.67. The largest absolute Gasteiger partial charge is 0.478 e. The van der Waals surface area contributed by atoms with Gasteiger partial charge in [-0.15, -0.1) is 12.4 Å². The van der Waals surface area contributed by atoms with E-state index in [1.54, 1.807) is 25.1 Å². The molecule has 0 saturated carbocycles. The van der Waals surface area contributed by atoms with E-state index < -0.39 is 11.9 Å². The van der Waals surface area contributed by atoms with Gasteiger partial charge in [0, 0.05) is 27.8 Å². The average Bonchev–Trinajstić information content (AvgIpc) is 3.05. The molecule has 0 aliphatic rings. The fraction of sp³-hybridized carbons (Fsp3) is 0.111. The SMILES string of the molecule is CCN(C(=O)c1cc(Br)nn1-c1ncccc1Cl)c1c(Br)cc(Br)cc1C(=O)O.Cl. The Hall–Kier alpha value is -1.46. The van der Waals surface area contributed by atoms with E-state index in [0.717, 1.165) is 0 Å². The first kappa shape index (κ1) is 24.8.